The predicted octanol–water partition coefficient (Wildman–Crippen LogP) is 1.39. The molecule has 0 aliphatic rings. The molecule has 1 heterocycles. The number of rotatable bonds is 2. The third-order valence-electron chi connectivity index (χ3n) is 1.21. The van der Waals surface area contributed by atoms with Crippen LogP contribution in [0.1, 0.15) is 0 Å². The van der Waals surface area contributed by atoms with Gasteiger partial charge in [-0.1, -0.05) is 0 Å². The van der Waals surface area contributed by atoms with Gasteiger partial charge in [0.2, 0.25) is 5.88 Å². The van der Waals surface area contributed by atoms with Crippen LogP contribution in [0.15, 0.2) is 17.2 Å². The van der Waals surface area contributed by atoms with E-state index in [0.29, 0.717) is 16.7 Å². The molecule has 0 saturated carbocycles. The van der Waals surface area contributed by atoms with Crippen molar-refractivity contribution in [3.63, 3.8) is 0 Å². The Hall–Kier alpha value is -0.900. The minimum Gasteiger partial charge on any atom is -0.496 e. The number of methoxy groups -OCH3 is 2. The zero-order valence-electron chi connectivity index (χ0n) is 6.37. The maximum Gasteiger partial charge on any atom is 0.217 e. The molecule has 0 fully saturated rings. The van der Waals surface area contributed by atoms with Crippen molar-refractivity contribution in [2.45, 2.75) is 5.03 Å². The molecule has 3 nitrogen and oxygen atoms in total. The molecule has 4 heteroatoms. The van der Waals surface area contributed by atoms with E-state index in [1.807, 2.05) is 0 Å². The molecule has 1 aromatic rings. The molecule has 0 unspecified atom stereocenters. The lowest BCUT2D eigenvalue weighted by Gasteiger charge is -2.02. The Labute approximate surface area is 70.8 Å². The first-order valence-electron chi connectivity index (χ1n) is 3.05. The van der Waals surface area contributed by atoms with Gasteiger partial charge in [0, 0.05) is 12.1 Å². The Morgan fingerprint density at radius 1 is 1.27 bits per heavy atom. The third kappa shape index (κ3) is 2.01. The van der Waals surface area contributed by atoms with Gasteiger partial charge in [-0.2, -0.15) is 0 Å². The summed E-state index contributed by atoms with van der Waals surface area (Å²) in [6, 6.07) is 3.41. The maximum absolute atomic E-state index is 4.97. The molecular weight excluding hydrogens is 162 g/mol. The van der Waals surface area contributed by atoms with E-state index in [9.17, 15) is 0 Å². The van der Waals surface area contributed by atoms with Crippen LogP contribution in [-0.2, 0) is 0 Å². The Bertz CT molecular complexity index is 230. The van der Waals surface area contributed by atoms with Crippen LogP contribution in [0.25, 0.3) is 0 Å². The van der Waals surface area contributed by atoms with Gasteiger partial charge in [0.1, 0.15) is 10.8 Å². The van der Waals surface area contributed by atoms with E-state index in [4.69, 9.17) is 9.47 Å². The molecule has 0 radical (unpaired) electrons. The highest BCUT2D eigenvalue weighted by molar-refractivity contribution is 7.80. The van der Waals surface area contributed by atoms with E-state index in [1.54, 1.807) is 26.4 Å². The zero-order chi connectivity index (χ0) is 8.27. The highest BCUT2D eigenvalue weighted by Crippen LogP contribution is 2.20. The lowest BCUT2D eigenvalue weighted by atomic mass is 10.4. The Morgan fingerprint density at radius 2 is 2.00 bits per heavy atom. The Balaban J connectivity index is 3.02. The summed E-state index contributed by atoms with van der Waals surface area (Å²) in [7, 11) is 3.14. The molecule has 1 rings (SSSR count). The molecule has 0 saturated heterocycles. The summed E-state index contributed by atoms with van der Waals surface area (Å²) in [5.41, 5.74) is 0. The molecule has 0 aromatic carbocycles. The standard InChI is InChI=1S/C7H9NO2S/c1-9-5-3-6(10-2)8-7(11)4-5/h3-4H,1-2H3,(H,8,11). The summed E-state index contributed by atoms with van der Waals surface area (Å²) >= 11 is 4.06. The van der Waals surface area contributed by atoms with Crippen LogP contribution in [-0.4, -0.2) is 19.2 Å². The van der Waals surface area contributed by atoms with Crippen LogP contribution in [0.4, 0.5) is 0 Å². The summed E-state index contributed by atoms with van der Waals surface area (Å²) in [5.74, 6) is 1.20. The molecule has 1 aromatic heterocycles. The molecular formula is C7H9NO2S. The average molecular weight is 171 g/mol. The first kappa shape index (κ1) is 8.20. The minimum atomic E-state index is 0.509. The van der Waals surface area contributed by atoms with Gasteiger partial charge < -0.3 is 9.47 Å². The van der Waals surface area contributed by atoms with Crippen molar-refractivity contribution in [3.05, 3.63) is 12.1 Å². The lowest BCUT2D eigenvalue weighted by Crippen LogP contribution is -1.90. The Morgan fingerprint density at radius 3 is 2.55 bits per heavy atom. The highest BCUT2D eigenvalue weighted by Gasteiger charge is 1.98. The van der Waals surface area contributed by atoms with Crippen LogP contribution in [0, 0.1) is 0 Å². The molecule has 60 valence electrons. The van der Waals surface area contributed by atoms with E-state index < -0.39 is 0 Å². The molecule has 0 aliphatic heterocycles. The third-order valence-corrected chi connectivity index (χ3v) is 1.44. The predicted molar refractivity (Wildman–Crippen MR) is 44.6 cm³/mol. The molecule has 0 atom stereocenters. The van der Waals surface area contributed by atoms with Gasteiger partial charge in [-0.25, -0.2) is 4.98 Å². The Kier molecular flexibility index (Phi) is 2.59. The van der Waals surface area contributed by atoms with Gasteiger partial charge in [0.25, 0.3) is 0 Å². The summed E-state index contributed by atoms with van der Waals surface area (Å²) in [5, 5.41) is 0.584. The average Bonchev–Trinajstić information content (AvgIpc) is 2.03. The molecule has 0 bridgehead atoms. The fourth-order valence-corrected chi connectivity index (χ4v) is 0.916. The second-order valence-corrected chi connectivity index (χ2v) is 2.37. The second kappa shape index (κ2) is 3.48. The van der Waals surface area contributed by atoms with Gasteiger partial charge in [0.05, 0.1) is 14.2 Å². The van der Waals surface area contributed by atoms with Crippen LogP contribution in [0.3, 0.4) is 0 Å². The number of aromatic nitrogens is 1. The molecule has 11 heavy (non-hydrogen) atoms. The highest BCUT2D eigenvalue weighted by atomic mass is 32.1. The van der Waals surface area contributed by atoms with Gasteiger partial charge in [-0.3, -0.25) is 0 Å². The monoisotopic (exact) mass is 171 g/mol. The summed E-state index contributed by atoms with van der Waals surface area (Å²) in [6.07, 6.45) is 0. The van der Waals surface area contributed by atoms with Gasteiger partial charge in [0.15, 0.2) is 0 Å². The van der Waals surface area contributed by atoms with Crippen molar-refractivity contribution < 1.29 is 9.47 Å². The van der Waals surface area contributed by atoms with Gasteiger partial charge in [-0.15, -0.1) is 12.6 Å². The van der Waals surface area contributed by atoms with Crippen molar-refractivity contribution in [1.82, 2.24) is 4.98 Å². The van der Waals surface area contributed by atoms with Crippen LogP contribution < -0.4 is 9.47 Å². The van der Waals surface area contributed by atoms with Crippen molar-refractivity contribution in [3.8, 4) is 11.6 Å². The van der Waals surface area contributed by atoms with Crippen LogP contribution >= 0.6 is 12.6 Å². The number of nitrogens with zero attached hydrogens (tertiary/aromatic N) is 1. The van der Waals surface area contributed by atoms with Crippen LogP contribution in [0.2, 0.25) is 0 Å². The van der Waals surface area contributed by atoms with Gasteiger partial charge in [-0.05, 0) is 0 Å². The first-order chi connectivity index (χ1) is 5.26. The molecule has 0 aliphatic carbocycles. The zero-order valence-corrected chi connectivity index (χ0v) is 7.26. The molecule has 0 spiro atoms. The minimum absolute atomic E-state index is 0.509. The number of ether oxygens (including phenoxy) is 2. The first-order valence-corrected chi connectivity index (χ1v) is 3.50. The van der Waals surface area contributed by atoms with Crippen LogP contribution in [0.5, 0.6) is 11.6 Å². The van der Waals surface area contributed by atoms with Gasteiger partial charge >= 0.3 is 0 Å². The largest absolute Gasteiger partial charge is 0.496 e. The number of pyridine rings is 1. The van der Waals surface area contributed by atoms with E-state index in [-0.39, 0.29) is 0 Å². The van der Waals surface area contributed by atoms with E-state index in [1.165, 1.54) is 0 Å². The maximum atomic E-state index is 4.97. The normalized spacial score (nSPS) is 9.36. The van der Waals surface area contributed by atoms with E-state index >= 15 is 0 Å². The number of hydrogen-bond acceptors (Lipinski definition) is 4. The van der Waals surface area contributed by atoms with E-state index in [2.05, 4.69) is 17.6 Å². The SMILES string of the molecule is COc1cc(S)nc(OC)c1. The second-order valence-electron chi connectivity index (χ2n) is 1.91. The smallest absolute Gasteiger partial charge is 0.217 e. The summed E-state index contributed by atoms with van der Waals surface area (Å²) in [6.45, 7) is 0. The van der Waals surface area contributed by atoms with E-state index in [0.717, 1.165) is 0 Å². The summed E-state index contributed by atoms with van der Waals surface area (Å²) in [4.78, 5) is 3.96. The van der Waals surface area contributed by atoms with Crippen molar-refractivity contribution in [2.75, 3.05) is 14.2 Å². The fourth-order valence-electron chi connectivity index (χ4n) is 0.690. The van der Waals surface area contributed by atoms with Crippen molar-refractivity contribution in [1.29, 1.82) is 0 Å². The number of thiol groups is 1. The fraction of sp³-hybridized carbons (Fsp3) is 0.286. The number of hydrogen-bond donors (Lipinski definition) is 1. The van der Waals surface area contributed by atoms with Crippen molar-refractivity contribution in [2.24, 2.45) is 0 Å². The molecule has 0 amide bonds. The summed E-state index contributed by atoms with van der Waals surface area (Å²) < 4.78 is 9.87. The molecule has 0 N–H and O–H groups in total. The topological polar surface area (TPSA) is 31.4 Å². The lowest BCUT2D eigenvalue weighted by molar-refractivity contribution is 0.378. The van der Waals surface area contributed by atoms with Crippen molar-refractivity contribution >= 4 is 12.6 Å². The quantitative estimate of drug-likeness (QED) is 0.682.